The largest absolute Gasteiger partial charge is 0.497 e. The lowest BCUT2D eigenvalue weighted by atomic mass is 10.1. The van der Waals surface area contributed by atoms with E-state index in [0.717, 1.165) is 39.1 Å². The summed E-state index contributed by atoms with van der Waals surface area (Å²) in [6.45, 7) is 2.01. The van der Waals surface area contributed by atoms with Crippen molar-refractivity contribution in [3.8, 4) is 11.4 Å². The molecule has 0 saturated heterocycles. The summed E-state index contributed by atoms with van der Waals surface area (Å²) in [6.07, 6.45) is 0. The van der Waals surface area contributed by atoms with E-state index in [-0.39, 0.29) is 0 Å². The molecule has 4 nitrogen and oxygen atoms in total. The number of ether oxygens (including phenoxy) is 1. The van der Waals surface area contributed by atoms with E-state index in [1.54, 1.807) is 7.11 Å². The summed E-state index contributed by atoms with van der Waals surface area (Å²) >= 11 is 0. The summed E-state index contributed by atoms with van der Waals surface area (Å²) in [7, 11) is 1.67. The number of benzene rings is 2. The van der Waals surface area contributed by atoms with Crippen LogP contribution in [0.15, 0.2) is 54.6 Å². The number of fused-ring (bicyclic) bond motifs is 2. The van der Waals surface area contributed by atoms with Crippen molar-refractivity contribution in [1.29, 1.82) is 0 Å². The number of nitrogens with zero attached hydrogens (tertiary/aromatic N) is 3. The summed E-state index contributed by atoms with van der Waals surface area (Å²) in [5.41, 5.74) is 3.80. The molecule has 108 valence electrons. The summed E-state index contributed by atoms with van der Waals surface area (Å²) < 4.78 is 7.19. The lowest BCUT2D eigenvalue weighted by Crippen LogP contribution is -1.97. The molecule has 22 heavy (non-hydrogen) atoms. The lowest BCUT2D eigenvalue weighted by molar-refractivity contribution is 0.415. The second-order valence-electron chi connectivity index (χ2n) is 5.25. The van der Waals surface area contributed by atoms with Crippen LogP contribution in [0.1, 0.15) is 5.69 Å². The molecule has 0 spiro atoms. The van der Waals surface area contributed by atoms with Gasteiger partial charge in [0.1, 0.15) is 5.75 Å². The van der Waals surface area contributed by atoms with E-state index in [4.69, 9.17) is 9.72 Å². The number of aryl methyl sites for hydroxylation is 1. The third-order valence-corrected chi connectivity index (χ3v) is 3.84. The van der Waals surface area contributed by atoms with Crippen molar-refractivity contribution in [2.24, 2.45) is 0 Å². The SMILES string of the molecule is COc1ccc2nc3c(cc2c1)c(C)nn3-c1ccccc1. The van der Waals surface area contributed by atoms with Gasteiger partial charge >= 0.3 is 0 Å². The average molecular weight is 289 g/mol. The molecule has 2 aromatic heterocycles. The molecule has 0 radical (unpaired) electrons. The van der Waals surface area contributed by atoms with E-state index in [1.807, 2.05) is 60.1 Å². The van der Waals surface area contributed by atoms with E-state index < -0.39 is 0 Å². The van der Waals surface area contributed by atoms with Crippen molar-refractivity contribution in [2.45, 2.75) is 6.92 Å². The Bertz CT molecular complexity index is 974. The fraction of sp³-hybridized carbons (Fsp3) is 0.111. The topological polar surface area (TPSA) is 39.9 Å². The van der Waals surface area contributed by atoms with Gasteiger partial charge in [0.25, 0.3) is 0 Å². The van der Waals surface area contributed by atoms with Gasteiger partial charge in [-0.15, -0.1) is 0 Å². The van der Waals surface area contributed by atoms with Crippen molar-refractivity contribution < 1.29 is 4.74 Å². The first-order chi connectivity index (χ1) is 10.8. The first-order valence-electron chi connectivity index (χ1n) is 7.16. The standard InChI is InChI=1S/C18H15N3O/c1-12-16-11-13-10-15(22-2)8-9-17(13)19-18(16)21(20-12)14-6-4-3-5-7-14/h3-11H,1-2H3. The van der Waals surface area contributed by atoms with Crippen LogP contribution < -0.4 is 4.74 Å². The molecule has 0 fully saturated rings. The molecule has 0 aliphatic carbocycles. The Morgan fingerprint density at radius 3 is 2.59 bits per heavy atom. The van der Waals surface area contributed by atoms with E-state index in [1.165, 1.54) is 0 Å². The van der Waals surface area contributed by atoms with Crippen LogP contribution in [0.3, 0.4) is 0 Å². The number of para-hydroxylation sites is 1. The first kappa shape index (κ1) is 12.8. The van der Waals surface area contributed by atoms with Gasteiger partial charge in [-0.3, -0.25) is 0 Å². The highest BCUT2D eigenvalue weighted by Gasteiger charge is 2.12. The highest BCUT2D eigenvalue weighted by Crippen LogP contribution is 2.26. The normalized spacial score (nSPS) is 11.2. The van der Waals surface area contributed by atoms with Gasteiger partial charge in [-0.05, 0) is 43.3 Å². The minimum atomic E-state index is 0.835. The molecule has 0 saturated carbocycles. The zero-order chi connectivity index (χ0) is 15.1. The monoisotopic (exact) mass is 289 g/mol. The highest BCUT2D eigenvalue weighted by molar-refractivity contribution is 5.93. The van der Waals surface area contributed by atoms with Crippen molar-refractivity contribution in [3.05, 3.63) is 60.3 Å². The predicted octanol–water partition coefficient (Wildman–Crippen LogP) is 3.89. The van der Waals surface area contributed by atoms with Crippen LogP contribution in [-0.2, 0) is 0 Å². The Labute approximate surface area is 128 Å². The van der Waals surface area contributed by atoms with Crippen molar-refractivity contribution in [1.82, 2.24) is 14.8 Å². The van der Waals surface area contributed by atoms with Gasteiger partial charge in [-0.2, -0.15) is 5.10 Å². The van der Waals surface area contributed by atoms with Crippen LogP contribution in [0.4, 0.5) is 0 Å². The minimum Gasteiger partial charge on any atom is -0.497 e. The van der Waals surface area contributed by atoms with Gasteiger partial charge in [0.05, 0.1) is 24.0 Å². The second kappa shape index (κ2) is 4.84. The van der Waals surface area contributed by atoms with Crippen molar-refractivity contribution in [3.63, 3.8) is 0 Å². The molecule has 0 aliphatic rings. The highest BCUT2D eigenvalue weighted by atomic mass is 16.5. The third-order valence-electron chi connectivity index (χ3n) is 3.84. The maximum Gasteiger partial charge on any atom is 0.163 e. The molecule has 0 atom stereocenters. The molecule has 2 aromatic carbocycles. The summed E-state index contributed by atoms with van der Waals surface area (Å²) in [5.74, 6) is 0.835. The molecular formula is C18H15N3O. The van der Waals surface area contributed by atoms with Crippen LogP contribution in [-0.4, -0.2) is 21.9 Å². The van der Waals surface area contributed by atoms with Crippen LogP contribution >= 0.6 is 0 Å². The number of pyridine rings is 1. The van der Waals surface area contributed by atoms with Crippen molar-refractivity contribution >= 4 is 21.9 Å². The fourth-order valence-corrected chi connectivity index (χ4v) is 2.70. The Kier molecular flexibility index (Phi) is 2.82. The number of hydrogen-bond acceptors (Lipinski definition) is 3. The zero-order valence-corrected chi connectivity index (χ0v) is 12.4. The van der Waals surface area contributed by atoms with Crippen molar-refractivity contribution in [2.75, 3.05) is 7.11 Å². The molecule has 0 amide bonds. The maximum atomic E-state index is 5.29. The number of methoxy groups -OCH3 is 1. The van der Waals surface area contributed by atoms with E-state index in [9.17, 15) is 0 Å². The third kappa shape index (κ3) is 1.92. The molecule has 4 heteroatoms. The predicted molar refractivity (Wildman–Crippen MR) is 87.7 cm³/mol. The van der Waals surface area contributed by atoms with Crippen LogP contribution in [0, 0.1) is 6.92 Å². The summed E-state index contributed by atoms with van der Waals surface area (Å²) in [5, 5.41) is 6.77. The number of rotatable bonds is 2. The first-order valence-corrected chi connectivity index (χ1v) is 7.16. The Hall–Kier alpha value is -2.88. The Morgan fingerprint density at radius 1 is 1.00 bits per heavy atom. The van der Waals surface area contributed by atoms with E-state index in [0.29, 0.717) is 0 Å². The number of hydrogen-bond donors (Lipinski definition) is 0. The van der Waals surface area contributed by atoms with E-state index >= 15 is 0 Å². The summed E-state index contributed by atoms with van der Waals surface area (Å²) in [6, 6.07) is 18.1. The molecule has 4 rings (SSSR count). The average Bonchev–Trinajstić information content (AvgIpc) is 2.89. The van der Waals surface area contributed by atoms with Crippen LogP contribution in [0.2, 0.25) is 0 Å². The molecule has 0 aliphatic heterocycles. The molecule has 2 heterocycles. The fourth-order valence-electron chi connectivity index (χ4n) is 2.70. The van der Waals surface area contributed by atoms with Gasteiger partial charge in [0, 0.05) is 10.8 Å². The molecular weight excluding hydrogens is 274 g/mol. The van der Waals surface area contributed by atoms with Crippen LogP contribution in [0.25, 0.3) is 27.6 Å². The van der Waals surface area contributed by atoms with Crippen LogP contribution in [0.5, 0.6) is 5.75 Å². The van der Waals surface area contributed by atoms with Gasteiger partial charge in [-0.1, -0.05) is 18.2 Å². The van der Waals surface area contributed by atoms with Gasteiger partial charge in [0.2, 0.25) is 0 Å². The zero-order valence-electron chi connectivity index (χ0n) is 12.4. The van der Waals surface area contributed by atoms with Gasteiger partial charge in [-0.25, -0.2) is 9.67 Å². The quantitative estimate of drug-likeness (QED) is 0.562. The van der Waals surface area contributed by atoms with Gasteiger partial charge < -0.3 is 4.74 Å². The van der Waals surface area contributed by atoms with Gasteiger partial charge in [0.15, 0.2) is 5.65 Å². The second-order valence-corrected chi connectivity index (χ2v) is 5.25. The maximum absolute atomic E-state index is 5.29. The molecule has 0 unspecified atom stereocenters. The smallest absolute Gasteiger partial charge is 0.163 e. The number of aromatic nitrogens is 3. The van der Waals surface area contributed by atoms with E-state index in [2.05, 4.69) is 11.2 Å². The summed E-state index contributed by atoms with van der Waals surface area (Å²) in [4.78, 5) is 4.80. The molecule has 0 N–H and O–H groups in total. The lowest BCUT2D eigenvalue weighted by Gasteiger charge is -2.05. The molecule has 4 aromatic rings. The molecule has 0 bridgehead atoms. The Morgan fingerprint density at radius 2 is 1.82 bits per heavy atom. The Balaban J connectivity index is 2.03. The minimum absolute atomic E-state index is 0.835.